The second-order valence-electron chi connectivity index (χ2n) is 10.9. The number of esters is 1. The van der Waals surface area contributed by atoms with E-state index < -0.39 is 11.4 Å². The maximum absolute atomic E-state index is 13.4. The Labute approximate surface area is 264 Å². The summed E-state index contributed by atoms with van der Waals surface area (Å²) in [6.07, 6.45) is 8.27. The van der Waals surface area contributed by atoms with Crippen molar-refractivity contribution in [2.24, 2.45) is 0 Å². The highest BCUT2D eigenvalue weighted by Crippen LogP contribution is 2.57. The lowest BCUT2D eigenvalue weighted by molar-refractivity contribution is -0.128. The number of terminal acetylenes is 1. The van der Waals surface area contributed by atoms with E-state index in [9.17, 15) is 9.59 Å². The summed E-state index contributed by atoms with van der Waals surface area (Å²) in [5.41, 5.74) is 10.2. The Morgan fingerprint density at radius 3 is 2.16 bits per heavy atom. The van der Waals surface area contributed by atoms with Gasteiger partial charge in [-0.25, -0.2) is 4.79 Å². The van der Waals surface area contributed by atoms with Crippen molar-refractivity contribution in [1.82, 2.24) is 0 Å². The van der Waals surface area contributed by atoms with Gasteiger partial charge in [0.15, 0.2) is 5.75 Å². The Kier molecular flexibility index (Phi) is 9.09. The first kappa shape index (κ1) is 30.7. The van der Waals surface area contributed by atoms with Crippen LogP contribution in [0.4, 0.5) is 0 Å². The first-order valence-corrected chi connectivity index (χ1v) is 14.7. The van der Waals surface area contributed by atoms with Gasteiger partial charge in [0, 0.05) is 18.3 Å². The minimum Gasteiger partial charge on any atom is -0.468 e. The van der Waals surface area contributed by atoms with Crippen LogP contribution in [0, 0.1) is 57.0 Å². The molecule has 5 heteroatoms. The fraction of sp³-hybridized carbons (Fsp3) is 0.200. The largest absolute Gasteiger partial charge is 0.468 e. The number of ether oxygens (including phenoxy) is 3. The normalized spacial score (nSPS) is 11.8. The molecule has 0 heterocycles. The van der Waals surface area contributed by atoms with Crippen LogP contribution in [0.5, 0.6) is 5.75 Å². The Bertz CT molecular complexity index is 1920. The van der Waals surface area contributed by atoms with Crippen molar-refractivity contribution in [3.8, 4) is 53.1 Å². The Hall–Kier alpha value is -5.70. The number of hydrogen-bond acceptors (Lipinski definition) is 5. The molecule has 0 unspecified atom stereocenters. The summed E-state index contributed by atoms with van der Waals surface area (Å²) in [5, 5.41) is 0. The van der Waals surface area contributed by atoms with Gasteiger partial charge >= 0.3 is 5.97 Å². The molecule has 0 saturated carbocycles. The number of rotatable bonds is 9. The summed E-state index contributed by atoms with van der Waals surface area (Å²) in [7, 11) is 0. The second-order valence-corrected chi connectivity index (χ2v) is 10.9. The standard InChI is InChI=1S/C40H32O5/c1-6-8-9-10-20-45-38-18-15-32(25-35(38)39(42)44-7-2)40(31-14-13-29(5)30(24-31)19-21-43-26-41)36-22-27(3)11-16-33(36)34-17-12-28(4)23-37(34)40/h1,11-18,22-26H,7,19,21H2,2-5H3. The van der Waals surface area contributed by atoms with Crippen LogP contribution in [-0.4, -0.2) is 25.7 Å². The molecule has 222 valence electrons. The van der Waals surface area contributed by atoms with Crippen molar-refractivity contribution in [2.75, 3.05) is 13.2 Å². The van der Waals surface area contributed by atoms with Crippen LogP contribution >= 0.6 is 0 Å². The molecule has 1 aliphatic carbocycles. The monoisotopic (exact) mass is 592 g/mol. The minimum atomic E-state index is -0.791. The summed E-state index contributed by atoms with van der Waals surface area (Å²) < 4.78 is 16.2. The molecule has 0 aromatic heterocycles. The molecule has 4 aromatic carbocycles. The number of benzene rings is 4. The zero-order valence-corrected chi connectivity index (χ0v) is 25.7. The number of aryl methyl sites for hydroxylation is 3. The molecule has 45 heavy (non-hydrogen) atoms. The van der Waals surface area contributed by atoms with E-state index in [-0.39, 0.29) is 24.5 Å². The molecule has 0 bridgehead atoms. The van der Waals surface area contributed by atoms with Crippen molar-refractivity contribution in [3.05, 3.63) is 123 Å². The molecular weight excluding hydrogens is 560 g/mol. The van der Waals surface area contributed by atoms with Gasteiger partial charge in [-0.3, -0.25) is 4.79 Å². The van der Waals surface area contributed by atoms with Crippen molar-refractivity contribution in [2.45, 2.75) is 39.5 Å². The summed E-state index contributed by atoms with van der Waals surface area (Å²) in [6.45, 7) is 8.92. The SMILES string of the molecule is C#CC#CC#COc1ccc(C2(c3ccc(C)c(CCOC=O)c3)c3cc(C)ccc3-c3ccc(C)cc32)cc1C(=O)OCC. The van der Waals surface area contributed by atoms with Gasteiger partial charge in [0.05, 0.1) is 18.6 Å². The summed E-state index contributed by atoms with van der Waals surface area (Å²) in [4.78, 5) is 24.3. The predicted octanol–water partition coefficient (Wildman–Crippen LogP) is 6.84. The van der Waals surface area contributed by atoms with Crippen LogP contribution < -0.4 is 4.74 Å². The third-order valence-corrected chi connectivity index (χ3v) is 8.10. The van der Waals surface area contributed by atoms with Crippen LogP contribution in [-0.2, 0) is 26.1 Å². The van der Waals surface area contributed by atoms with Crippen molar-refractivity contribution in [1.29, 1.82) is 0 Å². The average Bonchev–Trinajstić information content (AvgIpc) is 3.31. The molecule has 0 fully saturated rings. The second kappa shape index (κ2) is 13.3. The molecule has 0 radical (unpaired) electrons. The van der Waals surface area contributed by atoms with Gasteiger partial charge in [-0.05, 0) is 96.2 Å². The van der Waals surface area contributed by atoms with E-state index in [0.29, 0.717) is 12.9 Å². The summed E-state index contributed by atoms with van der Waals surface area (Å²) in [5.74, 6) is 9.41. The highest BCUT2D eigenvalue weighted by Gasteiger charge is 2.47. The highest BCUT2D eigenvalue weighted by atomic mass is 16.5. The van der Waals surface area contributed by atoms with Crippen LogP contribution in [0.2, 0.25) is 0 Å². The van der Waals surface area contributed by atoms with Gasteiger partial charge in [-0.15, -0.1) is 6.42 Å². The average molecular weight is 593 g/mol. The fourth-order valence-electron chi connectivity index (χ4n) is 6.13. The summed E-state index contributed by atoms with van der Waals surface area (Å²) >= 11 is 0. The molecule has 4 aromatic rings. The molecule has 0 atom stereocenters. The first-order chi connectivity index (χ1) is 21.8. The molecule has 5 nitrogen and oxygen atoms in total. The van der Waals surface area contributed by atoms with Crippen molar-refractivity contribution in [3.63, 3.8) is 0 Å². The third-order valence-electron chi connectivity index (χ3n) is 8.10. The van der Waals surface area contributed by atoms with E-state index in [1.165, 1.54) is 0 Å². The lowest BCUT2D eigenvalue weighted by atomic mass is 9.66. The van der Waals surface area contributed by atoms with Gasteiger partial charge in [-0.2, -0.15) is 0 Å². The molecule has 0 aliphatic heterocycles. The molecule has 1 aliphatic rings. The molecule has 0 spiro atoms. The maximum Gasteiger partial charge on any atom is 0.341 e. The van der Waals surface area contributed by atoms with E-state index in [1.807, 2.05) is 12.1 Å². The number of hydrogen-bond donors (Lipinski definition) is 0. The van der Waals surface area contributed by atoms with Crippen LogP contribution in [0.15, 0.2) is 72.8 Å². The van der Waals surface area contributed by atoms with Crippen LogP contribution in [0.1, 0.15) is 61.8 Å². The van der Waals surface area contributed by atoms with E-state index in [0.717, 1.165) is 55.6 Å². The van der Waals surface area contributed by atoms with E-state index in [4.69, 9.17) is 20.6 Å². The molecule has 0 N–H and O–H groups in total. The van der Waals surface area contributed by atoms with E-state index in [2.05, 4.69) is 105 Å². The smallest absolute Gasteiger partial charge is 0.341 e. The number of carbonyl (C=O) groups is 2. The van der Waals surface area contributed by atoms with E-state index in [1.54, 1.807) is 13.0 Å². The fourth-order valence-corrected chi connectivity index (χ4v) is 6.13. The van der Waals surface area contributed by atoms with Crippen LogP contribution in [0.25, 0.3) is 11.1 Å². The van der Waals surface area contributed by atoms with Crippen molar-refractivity contribution < 1.29 is 23.8 Å². The molecule has 5 rings (SSSR count). The van der Waals surface area contributed by atoms with Gasteiger partial charge < -0.3 is 14.2 Å². The van der Waals surface area contributed by atoms with Gasteiger partial charge in [0.2, 0.25) is 0 Å². The highest BCUT2D eigenvalue weighted by molar-refractivity contribution is 5.94. The molecule has 0 amide bonds. The van der Waals surface area contributed by atoms with Crippen LogP contribution in [0.3, 0.4) is 0 Å². The van der Waals surface area contributed by atoms with Gasteiger partial charge in [0.1, 0.15) is 11.7 Å². The number of fused-ring (bicyclic) bond motifs is 3. The van der Waals surface area contributed by atoms with E-state index >= 15 is 0 Å². The third kappa shape index (κ3) is 5.80. The van der Waals surface area contributed by atoms with Gasteiger partial charge in [0.25, 0.3) is 6.47 Å². The molecular formula is C40H32O5. The Morgan fingerprint density at radius 1 is 0.844 bits per heavy atom. The van der Waals surface area contributed by atoms with Crippen molar-refractivity contribution >= 4 is 12.4 Å². The number of carbonyl (C=O) groups excluding carboxylic acids is 2. The topological polar surface area (TPSA) is 61.8 Å². The van der Waals surface area contributed by atoms with Gasteiger partial charge in [-0.1, -0.05) is 71.8 Å². The maximum atomic E-state index is 13.4. The first-order valence-electron chi connectivity index (χ1n) is 14.7. The zero-order valence-electron chi connectivity index (χ0n) is 25.7. The predicted molar refractivity (Wildman–Crippen MR) is 175 cm³/mol. The lowest BCUT2D eigenvalue weighted by Crippen LogP contribution is -2.29. The zero-order chi connectivity index (χ0) is 32.0. The Balaban J connectivity index is 1.84. The Morgan fingerprint density at radius 2 is 1.51 bits per heavy atom. The summed E-state index contributed by atoms with van der Waals surface area (Å²) in [6, 6.07) is 25.1. The molecule has 0 saturated heterocycles. The minimum absolute atomic E-state index is 0.196. The lowest BCUT2D eigenvalue weighted by Gasteiger charge is -2.35. The quantitative estimate of drug-likeness (QED) is 0.0812.